The van der Waals surface area contributed by atoms with Crippen molar-refractivity contribution >= 4 is 0 Å². The Kier molecular flexibility index (Phi) is 3.05. The summed E-state index contributed by atoms with van der Waals surface area (Å²) in [5, 5.41) is 4.14. The van der Waals surface area contributed by atoms with Crippen LogP contribution < -0.4 is 5.73 Å². The predicted molar refractivity (Wildman–Crippen MR) is 61.7 cm³/mol. The first-order valence-electron chi connectivity index (χ1n) is 5.41. The van der Waals surface area contributed by atoms with Crippen LogP contribution in [0.5, 0.6) is 0 Å². The van der Waals surface area contributed by atoms with E-state index >= 15 is 0 Å². The summed E-state index contributed by atoms with van der Waals surface area (Å²) in [4.78, 5) is 4.13. The highest BCUT2D eigenvalue weighted by atomic mass is 15.3. The first-order chi connectivity index (χ1) is 7.68. The number of imidazole rings is 1. The van der Waals surface area contributed by atoms with Crippen LogP contribution in [0.15, 0.2) is 24.8 Å². The molecular formula is C11H17N5. The van der Waals surface area contributed by atoms with Gasteiger partial charge in [-0.15, -0.1) is 0 Å². The standard InChI is InChI=1S/C11H17N5/c1-9(12)11-7-13-8-16(11)6-4-10-3-5-14-15(10)2/h3,5,7-9H,4,6,12H2,1-2H3/t9-/m1/s1. The molecule has 0 amide bonds. The minimum Gasteiger partial charge on any atom is -0.333 e. The number of hydrogen-bond acceptors (Lipinski definition) is 3. The first-order valence-corrected chi connectivity index (χ1v) is 5.41. The van der Waals surface area contributed by atoms with E-state index < -0.39 is 0 Å². The Morgan fingerprint density at radius 2 is 2.31 bits per heavy atom. The Balaban J connectivity index is 2.05. The summed E-state index contributed by atoms with van der Waals surface area (Å²) < 4.78 is 3.99. The zero-order valence-electron chi connectivity index (χ0n) is 9.67. The molecule has 2 aromatic heterocycles. The second kappa shape index (κ2) is 4.49. The Morgan fingerprint density at radius 1 is 1.50 bits per heavy atom. The van der Waals surface area contributed by atoms with Crippen molar-refractivity contribution in [3.05, 3.63) is 36.2 Å². The molecule has 0 saturated heterocycles. The van der Waals surface area contributed by atoms with Crippen molar-refractivity contribution in [1.29, 1.82) is 0 Å². The van der Waals surface area contributed by atoms with Crippen LogP contribution in [0.1, 0.15) is 24.4 Å². The lowest BCUT2D eigenvalue weighted by molar-refractivity contribution is 0.597. The van der Waals surface area contributed by atoms with E-state index in [-0.39, 0.29) is 6.04 Å². The van der Waals surface area contributed by atoms with Gasteiger partial charge in [-0.25, -0.2) is 4.98 Å². The average molecular weight is 219 g/mol. The maximum absolute atomic E-state index is 5.86. The summed E-state index contributed by atoms with van der Waals surface area (Å²) in [5.74, 6) is 0. The fraction of sp³-hybridized carbons (Fsp3) is 0.455. The molecule has 2 aromatic rings. The maximum atomic E-state index is 5.86. The van der Waals surface area contributed by atoms with E-state index in [9.17, 15) is 0 Å². The van der Waals surface area contributed by atoms with Crippen molar-refractivity contribution in [2.24, 2.45) is 12.8 Å². The van der Waals surface area contributed by atoms with Crippen molar-refractivity contribution in [3.63, 3.8) is 0 Å². The summed E-state index contributed by atoms with van der Waals surface area (Å²) in [6.45, 7) is 2.86. The molecule has 1 atom stereocenters. The third-order valence-electron chi connectivity index (χ3n) is 2.74. The van der Waals surface area contributed by atoms with Crippen molar-refractivity contribution < 1.29 is 0 Å². The van der Waals surface area contributed by atoms with E-state index in [0.717, 1.165) is 18.7 Å². The molecular weight excluding hydrogens is 202 g/mol. The monoisotopic (exact) mass is 219 g/mol. The van der Waals surface area contributed by atoms with Gasteiger partial charge in [0.1, 0.15) is 0 Å². The molecule has 86 valence electrons. The van der Waals surface area contributed by atoms with E-state index in [0.29, 0.717) is 0 Å². The minimum atomic E-state index is 0.0223. The molecule has 0 spiro atoms. The number of hydrogen-bond donors (Lipinski definition) is 1. The van der Waals surface area contributed by atoms with Crippen LogP contribution in [0.2, 0.25) is 0 Å². The quantitative estimate of drug-likeness (QED) is 0.830. The van der Waals surface area contributed by atoms with Gasteiger partial charge in [0.2, 0.25) is 0 Å². The predicted octanol–water partition coefficient (Wildman–Crippen LogP) is 0.879. The number of nitrogens with zero attached hydrogens (tertiary/aromatic N) is 4. The maximum Gasteiger partial charge on any atom is 0.0948 e. The van der Waals surface area contributed by atoms with E-state index in [1.807, 2.05) is 43.4 Å². The Bertz CT molecular complexity index is 454. The van der Waals surface area contributed by atoms with E-state index in [1.165, 1.54) is 5.69 Å². The molecule has 0 bridgehead atoms. The number of aryl methyl sites for hydroxylation is 3. The Hall–Kier alpha value is -1.62. The topological polar surface area (TPSA) is 61.7 Å². The van der Waals surface area contributed by atoms with E-state index in [1.54, 1.807) is 0 Å². The molecule has 0 radical (unpaired) electrons. The summed E-state index contributed by atoms with van der Waals surface area (Å²) in [6, 6.07) is 2.05. The zero-order valence-corrected chi connectivity index (χ0v) is 9.67. The highest BCUT2D eigenvalue weighted by molar-refractivity contribution is 5.05. The molecule has 0 aromatic carbocycles. The van der Waals surface area contributed by atoms with Crippen molar-refractivity contribution in [2.45, 2.75) is 25.9 Å². The summed E-state index contributed by atoms with van der Waals surface area (Å²) in [7, 11) is 1.95. The van der Waals surface area contributed by atoms with Gasteiger partial charge >= 0.3 is 0 Å². The molecule has 5 nitrogen and oxygen atoms in total. The zero-order chi connectivity index (χ0) is 11.5. The fourth-order valence-electron chi connectivity index (χ4n) is 1.78. The molecule has 16 heavy (non-hydrogen) atoms. The largest absolute Gasteiger partial charge is 0.333 e. The van der Waals surface area contributed by atoms with Crippen LogP contribution in [-0.4, -0.2) is 19.3 Å². The lowest BCUT2D eigenvalue weighted by atomic mass is 10.2. The number of nitrogens with two attached hydrogens (primary N) is 1. The highest BCUT2D eigenvalue weighted by Gasteiger charge is 2.07. The third-order valence-corrected chi connectivity index (χ3v) is 2.74. The lowest BCUT2D eigenvalue weighted by Crippen LogP contribution is -2.13. The Labute approximate surface area is 94.9 Å². The summed E-state index contributed by atoms with van der Waals surface area (Å²) >= 11 is 0. The van der Waals surface area contributed by atoms with Gasteiger partial charge in [0, 0.05) is 44.1 Å². The fourth-order valence-corrected chi connectivity index (χ4v) is 1.78. The van der Waals surface area contributed by atoms with Crippen LogP contribution in [-0.2, 0) is 20.0 Å². The van der Waals surface area contributed by atoms with Gasteiger partial charge in [-0.3, -0.25) is 4.68 Å². The molecule has 0 fully saturated rings. The van der Waals surface area contributed by atoms with Gasteiger partial charge in [-0.2, -0.15) is 5.10 Å². The molecule has 2 rings (SSSR count). The van der Waals surface area contributed by atoms with Gasteiger partial charge in [0.25, 0.3) is 0 Å². The van der Waals surface area contributed by atoms with Crippen LogP contribution in [0.3, 0.4) is 0 Å². The molecule has 0 aliphatic heterocycles. The molecule has 2 N–H and O–H groups in total. The number of aromatic nitrogens is 4. The van der Waals surface area contributed by atoms with Gasteiger partial charge < -0.3 is 10.3 Å². The van der Waals surface area contributed by atoms with Gasteiger partial charge in [0.15, 0.2) is 0 Å². The SMILES string of the molecule is C[C@@H](N)c1cncn1CCc1ccnn1C. The van der Waals surface area contributed by atoms with Crippen LogP contribution >= 0.6 is 0 Å². The van der Waals surface area contributed by atoms with Gasteiger partial charge in [-0.05, 0) is 13.0 Å². The molecule has 0 aliphatic rings. The minimum absolute atomic E-state index is 0.0223. The molecule has 5 heteroatoms. The second-order valence-electron chi connectivity index (χ2n) is 4.00. The molecule has 0 aliphatic carbocycles. The Morgan fingerprint density at radius 3 is 2.94 bits per heavy atom. The molecule has 2 heterocycles. The lowest BCUT2D eigenvalue weighted by Gasteiger charge is -2.10. The number of rotatable bonds is 4. The van der Waals surface area contributed by atoms with Crippen LogP contribution in [0.25, 0.3) is 0 Å². The van der Waals surface area contributed by atoms with Crippen LogP contribution in [0, 0.1) is 0 Å². The van der Waals surface area contributed by atoms with Crippen molar-refractivity contribution in [3.8, 4) is 0 Å². The first kappa shape index (κ1) is 10.9. The van der Waals surface area contributed by atoms with Crippen LogP contribution in [0.4, 0.5) is 0 Å². The summed E-state index contributed by atoms with van der Waals surface area (Å²) in [6.07, 6.45) is 6.41. The van der Waals surface area contributed by atoms with Gasteiger partial charge in [-0.1, -0.05) is 0 Å². The average Bonchev–Trinajstić information content (AvgIpc) is 2.83. The summed E-state index contributed by atoms with van der Waals surface area (Å²) in [5.41, 5.74) is 8.14. The van der Waals surface area contributed by atoms with E-state index in [2.05, 4.69) is 14.6 Å². The van der Waals surface area contributed by atoms with E-state index in [4.69, 9.17) is 5.73 Å². The molecule has 0 unspecified atom stereocenters. The van der Waals surface area contributed by atoms with Crippen molar-refractivity contribution in [2.75, 3.05) is 0 Å². The van der Waals surface area contributed by atoms with Gasteiger partial charge in [0.05, 0.1) is 12.0 Å². The normalized spacial score (nSPS) is 12.9. The smallest absolute Gasteiger partial charge is 0.0948 e. The third kappa shape index (κ3) is 2.14. The second-order valence-corrected chi connectivity index (χ2v) is 4.00. The van der Waals surface area contributed by atoms with Crippen molar-refractivity contribution in [1.82, 2.24) is 19.3 Å². The highest BCUT2D eigenvalue weighted by Crippen LogP contribution is 2.09. The molecule has 0 saturated carbocycles.